The van der Waals surface area contributed by atoms with E-state index in [-0.39, 0.29) is 6.04 Å². The zero-order chi connectivity index (χ0) is 15.5. The van der Waals surface area contributed by atoms with Crippen LogP contribution < -0.4 is 5.32 Å². The average molecular weight is 318 g/mol. The maximum absolute atomic E-state index is 5.42. The lowest BCUT2D eigenvalue weighted by Crippen LogP contribution is -2.44. The Kier molecular flexibility index (Phi) is 4.81. The average Bonchev–Trinajstić information content (AvgIpc) is 2.95. The Morgan fingerprint density at radius 1 is 1.41 bits per heavy atom. The lowest BCUT2D eigenvalue weighted by Gasteiger charge is -2.30. The minimum absolute atomic E-state index is 0.206. The summed E-state index contributed by atoms with van der Waals surface area (Å²) >= 11 is 1.74. The zero-order valence-corrected chi connectivity index (χ0v) is 14.1. The molecular weight excluding hydrogens is 296 g/mol. The molecule has 0 bridgehead atoms. The van der Waals surface area contributed by atoms with E-state index >= 15 is 0 Å². The molecule has 22 heavy (non-hydrogen) atoms. The first-order chi connectivity index (χ1) is 10.6. The van der Waals surface area contributed by atoms with Gasteiger partial charge in [0.05, 0.1) is 11.8 Å². The number of hydrogen-bond donors (Lipinski definition) is 1. The summed E-state index contributed by atoms with van der Waals surface area (Å²) in [5.74, 6) is 2.19. The third kappa shape index (κ3) is 3.51. The number of aryl methyl sites for hydroxylation is 2. The summed E-state index contributed by atoms with van der Waals surface area (Å²) in [5, 5.41) is 7.53. The van der Waals surface area contributed by atoms with Crippen LogP contribution in [0.15, 0.2) is 27.6 Å². The molecule has 0 aliphatic carbocycles. The normalized spacial score (nSPS) is 19.5. The molecule has 0 saturated carbocycles. The number of benzene rings is 1. The van der Waals surface area contributed by atoms with E-state index < -0.39 is 0 Å². The number of nitrogens with zero attached hydrogens (tertiary/aromatic N) is 3. The van der Waals surface area contributed by atoms with Crippen LogP contribution in [0.3, 0.4) is 0 Å². The second-order valence-corrected chi connectivity index (χ2v) is 6.82. The van der Waals surface area contributed by atoms with Crippen LogP contribution in [0.5, 0.6) is 0 Å². The van der Waals surface area contributed by atoms with Gasteiger partial charge in [-0.15, -0.1) is 11.8 Å². The van der Waals surface area contributed by atoms with Gasteiger partial charge in [-0.25, -0.2) is 0 Å². The molecule has 2 aromatic rings. The Balaban J connectivity index is 1.64. The Hall–Kier alpha value is -1.37. The molecular formula is C16H22N4OS. The van der Waals surface area contributed by atoms with Crippen molar-refractivity contribution in [3.05, 3.63) is 41.0 Å². The largest absolute Gasteiger partial charge is 0.338 e. The van der Waals surface area contributed by atoms with E-state index in [1.165, 1.54) is 16.0 Å². The van der Waals surface area contributed by atoms with Crippen LogP contribution in [0, 0.1) is 13.8 Å². The third-order valence-corrected chi connectivity index (χ3v) is 5.13. The summed E-state index contributed by atoms with van der Waals surface area (Å²) in [7, 11) is 2.10. The topological polar surface area (TPSA) is 54.2 Å². The van der Waals surface area contributed by atoms with E-state index in [2.05, 4.69) is 59.5 Å². The Labute approximate surface area is 135 Å². The summed E-state index contributed by atoms with van der Waals surface area (Å²) in [6, 6.07) is 6.70. The predicted octanol–water partition coefficient (Wildman–Crippen LogP) is 2.55. The van der Waals surface area contributed by atoms with Gasteiger partial charge in [0.2, 0.25) is 5.89 Å². The Morgan fingerprint density at radius 2 is 2.27 bits per heavy atom. The van der Waals surface area contributed by atoms with Crippen LogP contribution in [0.1, 0.15) is 28.9 Å². The monoisotopic (exact) mass is 318 g/mol. The lowest BCUT2D eigenvalue weighted by molar-refractivity contribution is 0.190. The highest BCUT2D eigenvalue weighted by Crippen LogP contribution is 2.27. The van der Waals surface area contributed by atoms with Crippen molar-refractivity contribution in [2.24, 2.45) is 0 Å². The van der Waals surface area contributed by atoms with Crippen molar-refractivity contribution in [1.82, 2.24) is 20.4 Å². The number of thioether (sulfide) groups is 1. The van der Waals surface area contributed by atoms with E-state index in [9.17, 15) is 0 Å². The van der Waals surface area contributed by atoms with E-state index in [1.807, 2.05) is 0 Å². The molecule has 1 saturated heterocycles. The smallest absolute Gasteiger partial charge is 0.237 e. The molecule has 1 aliphatic heterocycles. The molecule has 1 fully saturated rings. The van der Waals surface area contributed by atoms with Crippen molar-refractivity contribution in [3.63, 3.8) is 0 Å². The van der Waals surface area contributed by atoms with Crippen molar-refractivity contribution in [2.75, 3.05) is 26.7 Å². The van der Waals surface area contributed by atoms with Crippen LogP contribution in [-0.4, -0.2) is 41.7 Å². The van der Waals surface area contributed by atoms with Crippen LogP contribution in [0.2, 0.25) is 0 Å². The highest BCUT2D eigenvalue weighted by Gasteiger charge is 2.25. The Morgan fingerprint density at radius 3 is 3.05 bits per heavy atom. The van der Waals surface area contributed by atoms with Gasteiger partial charge < -0.3 is 9.84 Å². The predicted molar refractivity (Wildman–Crippen MR) is 88.0 cm³/mol. The summed E-state index contributed by atoms with van der Waals surface area (Å²) in [6.45, 7) is 7.14. The zero-order valence-electron chi connectivity index (χ0n) is 13.3. The molecule has 0 radical (unpaired) electrons. The number of rotatable bonds is 4. The quantitative estimate of drug-likeness (QED) is 0.875. The van der Waals surface area contributed by atoms with Gasteiger partial charge in [-0.3, -0.25) is 4.90 Å². The van der Waals surface area contributed by atoms with Gasteiger partial charge in [0, 0.05) is 24.5 Å². The van der Waals surface area contributed by atoms with Gasteiger partial charge in [-0.2, -0.15) is 4.98 Å². The highest BCUT2D eigenvalue weighted by molar-refractivity contribution is 7.98. The Bertz CT molecular complexity index is 643. The van der Waals surface area contributed by atoms with Gasteiger partial charge in [0.1, 0.15) is 0 Å². The first-order valence-corrected chi connectivity index (χ1v) is 8.55. The molecule has 1 aromatic carbocycles. The molecule has 1 unspecified atom stereocenters. The standard InChI is InChI=1S/C16H22N4OS/c1-11-4-5-14(12(2)8-11)22-10-15-18-16(19-21-15)13-9-17-6-7-20(13)3/h4-5,8,13,17H,6-7,9-10H2,1-3H3. The van der Waals surface area contributed by atoms with Crippen LogP contribution in [-0.2, 0) is 5.75 Å². The third-order valence-electron chi connectivity index (χ3n) is 3.97. The number of nitrogens with one attached hydrogen (secondary N) is 1. The summed E-state index contributed by atoms with van der Waals surface area (Å²) in [5.41, 5.74) is 2.58. The number of aromatic nitrogens is 2. The molecule has 0 amide bonds. The molecule has 2 heterocycles. The van der Waals surface area contributed by atoms with E-state index in [1.54, 1.807) is 11.8 Å². The molecule has 1 aromatic heterocycles. The van der Waals surface area contributed by atoms with Crippen molar-refractivity contribution >= 4 is 11.8 Å². The minimum Gasteiger partial charge on any atom is -0.338 e. The minimum atomic E-state index is 0.206. The maximum atomic E-state index is 5.42. The molecule has 1 atom stereocenters. The van der Waals surface area contributed by atoms with Crippen LogP contribution in [0.4, 0.5) is 0 Å². The number of piperazine rings is 1. The van der Waals surface area contributed by atoms with Crippen molar-refractivity contribution in [1.29, 1.82) is 0 Å². The second kappa shape index (κ2) is 6.81. The van der Waals surface area contributed by atoms with Crippen LogP contribution in [0.25, 0.3) is 0 Å². The van der Waals surface area contributed by atoms with Gasteiger partial charge in [-0.1, -0.05) is 22.9 Å². The van der Waals surface area contributed by atoms with Crippen LogP contribution >= 0.6 is 11.8 Å². The number of likely N-dealkylation sites (N-methyl/N-ethyl adjacent to an activating group) is 1. The highest BCUT2D eigenvalue weighted by atomic mass is 32.2. The van der Waals surface area contributed by atoms with Crippen molar-refractivity contribution in [2.45, 2.75) is 30.5 Å². The van der Waals surface area contributed by atoms with Gasteiger partial charge >= 0.3 is 0 Å². The maximum Gasteiger partial charge on any atom is 0.237 e. The molecule has 3 rings (SSSR count). The fourth-order valence-corrected chi connectivity index (χ4v) is 3.50. The van der Waals surface area contributed by atoms with E-state index in [0.717, 1.165) is 25.5 Å². The lowest BCUT2D eigenvalue weighted by atomic mass is 10.2. The molecule has 1 N–H and O–H groups in total. The first kappa shape index (κ1) is 15.5. The number of hydrogen-bond acceptors (Lipinski definition) is 6. The molecule has 5 nitrogen and oxygen atoms in total. The fourth-order valence-electron chi connectivity index (χ4n) is 2.66. The summed E-state index contributed by atoms with van der Waals surface area (Å²) < 4.78 is 5.42. The SMILES string of the molecule is Cc1ccc(SCc2nc(C3CNCCN3C)no2)c(C)c1. The van der Waals surface area contributed by atoms with Crippen molar-refractivity contribution < 1.29 is 4.52 Å². The molecule has 0 spiro atoms. The van der Waals surface area contributed by atoms with Crippen molar-refractivity contribution in [3.8, 4) is 0 Å². The van der Waals surface area contributed by atoms with Gasteiger partial charge in [0.25, 0.3) is 0 Å². The fraction of sp³-hybridized carbons (Fsp3) is 0.500. The summed E-state index contributed by atoms with van der Waals surface area (Å²) in [4.78, 5) is 8.10. The molecule has 6 heteroatoms. The summed E-state index contributed by atoms with van der Waals surface area (Å²) in [6.07, 6.45) is 0. The van der Waals surface area contributed by atoms with Gasteiger partial charge in [0.15, 0.2) is 5.82 Å². The second-order valence-electron chi connectivity index (χ2n) is 5.80. The molecule has 118 valence electrons. The van der Waals surface area contributed by atoms with E-state index in [0.29, 0.717) is 11.6 Å². The van der Waals surface area contributed by atoms with E-state index in [4.69, 9.17) is 4.52 Å². The molecule has 1 aliphatic rings. The van der Waals surface area contributed by atoms with Gasteiger partial charge in [-0.05, 0) is 32.5 Å². The first-order valence-electron chi connectivity index (χ1n) is 7.57.